The van der Waals surface area contributed by atoms with Crippen LogP contribution in [0.4, 0.5) is 0 Å². The molecule has 1 aromatic heterocycles. The van der Waals surface area contributed by atoms with Crippen molar-refractivity contribution < 1.29 is 9.53 Å². The second-order valence-corrected chi connectivity index (χ2v) is 5.81. The van der Waals surface area contributed by atoms with E-state index in [1.54, 1.807) is 31.4 Å². The van der Waals surface area contributed by atoms with Crippen LogP contribution < -0.4 is 4.74 Å². The smallest absolute Gasteiger partial charge is 0.204 e. The van der Waals surface area contributed by atoms with Crippen LogP contribution in [-0.4, -0.2) is 12.9 Å². The minimum Gasteiger partial charge on any atom is -0.497 e. The Kier molecular flexibility index (Phi) is 4.01. The Labute approximate surface area is 120 Å². The molecular formula is C12H8Br2O2S. The van der Waals surface area contributed by atoms with E-state index in [1.165, 1.54) is 11.3 Å². The molecule has 0 radical (unpaired) electrons. The lowest BCUT2D eigenvalue weighted by molar-refractivity contribution is 0.104. The Morgan fingerprint density at radius 1 is 1.24 bits per heavy atom. The van der Waals surface area contributed by atoms with Crippen molar-refractivity contribution in [1.29, 1.82) is 0 Å². The molecule has 88 valence electrons. The first-order chi connectivity index (χ1) is 8.13. The second-order valence-electron chi connectivity index (χ2n) is 3.28. The van der Waals surface area contributed by atoms with E-state index in [0.717, 1.165) is 14.7 Å². The molecule has 2 nitrogen and oxygen atoms in total. The summed E-state index contributed by atoms with van der Waals surface area (Å²) in [6, 6.07) is 7.09. The molecule has 0 saturated heterocycles. The van der Waals surface area contributed by atoms with Crippen molar-refractivity contribution in [1.82, 2.24) is 0 Å². The fraction of sp³-hybridized carbons (Fsp3) is 0.0833. The number of methoxy groups -OCH3 is 1. The van der Waals surface area contributed by atoms with E-state index < -0.39 is 0 Å². The highest BCUT2D eigenvalue weighted by atomic mass is 79.9. The fourth-order valence-electron chi connectivity index (χ4n) is 1.35. The minimum absolute atomic E-state index is 0.00947. The summed E-state index contributed by atoms with van der Waals surface area (Å²) in [5.41, 5.74) is 0.654. The lowest BCUT2D eigenvalue weighted by Gasteiger charge is -2.02. The molecule has 1 heterocycles. The lowest BCUT2D eigenvalue weighted by Crippen LogP contribution is -1.99. The zero-order chi connectivity index (χ0) is 12.4. The number of hydrogen-bond acceptors (Lipinski definition) is 3. The number of ether oxygens (including phenoxy) is 1. The van der Waals surface area contributed by atoms with Crippen molar-refractivity contribution in [3.63, 3.8) is 0 Å². The number of hydrogen-bond donors (Lipinski definition) is 0. The van der Waals surface area contributed by atoms with Gasteiger partial charge in [0, 0.05) is 15.4 Å². The maximum Gasteiger partial charge on any atom is 0.204 e. The number of carbonyl (C=O) groups is 1. The predicted octanol–water partition coefficient (Wildman–Crippen LogP) is 4.51. The Morgan fingerprint density at radius 3 is 2.35 bits per heavy atom. The van der Waals surface area contributed by atoms with E-state index in [4.69, 9.17) is 4.74 Å². The normalized spacial score (nSPS) is 10.3. The van der Waals surface area contributed by atoms with Gasteiger partial charge in [0.1, 0.15) is 5.75 Å². The van der Waals surface area contributed by atoms with Gasteiger partial charge in [-0.15, -0.1) is 11.3 Å². The maximum absolute atomic E-state index is 12.2. The average molecular weight is 376 g/mol. The highest BCUT2D eigenvalue weighted by Gasteiger charge is 2.16. The highest BCUT2D eigenvalue weighted by Crippen LogP contribution is 2.34. The van der Waals surface area contributed by atoms with Crippen molar-refractivity contribution in [2.24, 2.45) is 0 Å². The van der Waals surface area contributed by atoms with Gasteiger partial charge in [0.15, 0.2) is 0 Å². The second kappa shape index (κ2) is 5.33. The molecule has 0 bridgehead atoms. The number of thiophene rings is 1. The number of benzene rings is 1. The summed E-state index contributed by atoms with van der Waals surface area (Å²) in [7, 11) is 1.60. The molecule has 0 aliphatic carbocycles. The van der Waals surface area contributed by atoms with Gasteiger partial charge in [-0.05, 0) is 56.1 Å². The van der Waals surface area contributed by atoms with Gasteiger partial charge in [-0.25, -0.2) is 0 Å². The summed E-state index contributed by atoms with van der Waals surface area (Å²) < 4.78 is 6.77. The molecule has 0 unspecified atom stereocenters. The van der Waals surface area contributed by atoms with E-state index >= 15 is 0 Å². The van der Waals surface area contributed by atoms with Crippen LogP contribution in [0.25, 0.3) is 0 Å². The molecule has 0 saturated carbocycles. The first-order valence-electron chi connectivity index (χ1n) is 4.74. The summed E-state index contributed by atoms with van der Waals surface area (Å²) in [6.07, 6.45) is 0. The molecule has 1 aromatic carbocycles. The molecule has 0 spiro atoms. The third-order valence-electron chi connectivity index (χ3n) is 2.25. The third kappa shape index (κ3) is 2.61. The molecule has 0 atom stereocenters. The van der Waals surface area contributed by atoms with Gasteiger partial charge in [0.25, 0.3) is 0 Å². The first kappa shape index (κ1) is 12.8. The van der Waals surface area contributed by atoms with Crippen LogP contribution in [-0.2, 0) is 0 Å². The van der Waals surface area contributed by atoms with Gasteiger partial charge in [-0.1, -0.05) is 0 Å². The quantitative estimate of drug-likeness (QED) is 0.737. The Morgan fingerprint density at radius 2 is 1.88 bits per heavy atom. The number of halogens is 2. The molecule has 0 N–H and O–H groups in total. The van der Waals surface area contributed by atoms with Crippen molar-refractivity contribution >= 4 is 49.0 Å². The topological polar surface area (TPSA) is 26.3 Å². The van der Waals surface area contributed by atoms with E-state index in [1.807, 2.05) is 5.38 Å². The standard InChI is InChI=1S/C12H8Br2O2S/c1-16-8-4-2-7(3-5-8)11(15)12-10(14)9(13)6-17-12/h2-6H,1H3. The predicted molar refractivity (Wildman–Crippen MR) is 76.1 cm³/mol. The molecule has 17 heavy (non-hydrogen) atoms. The summed E-state index contributed by atoms with van der Waals surface area (Å²) >= 11 is 8.18. The summed E-state index contributed by atoms with van der Waals surface area (Å²) in [5.74, 6) is 0.753. The number of rotatable bonds is 3. The number of ketones is 1. The first-order valence-corrected chi connectivity index (χ1v) is 7.21. The van der Waals surface area contributed by atoms with Crippen molar-refractivity contribution in [3.8, 4) is 5.75 Å². The lowest BCUT2D eigenvalue weighted by atomic mass is 10.1. The van der Waals surface area contributed by atoms with Crippen molar-refractivity contribution in [3.05, 3.63) is 49.0 Å². The molecule has 0 aliphatic heterocycles. The Hall–Kier alpha value is -0.650. The zero-order valence-electron chi connectivity index (χ0n) is 8.87. The van der Waals surface area contributed by atoms with Crippen LogP contribution in [0.1, 0.15) is 15.2 Å². The van der Waals surface area contributed by atoms with Crippen LogP contribution >= 0.6 is 43.2 Å². The third-order valence-corrected chi connectivity index (χ3v) is 5.77. The van der Waals surface area contributed by atoms with Crippen LogP contribution in [0.3, 0.4) is 0 Å². The summed E-state index contributed by atoms with van der Waals surface area (Å²) in [5, 5.41) is 1.89. The summed E-state index contributed by atoms with van der Waals surface area (Å²) in [6.45, 7) is 0. The minimum atomic E-state index is 0.00947. The van der Waals surface area contributed by atoms with Crippen LogP contribution in [0.5, 0.6) is 5.75 Å². The molecule has 5 heteroatoms. The van der Waals surface area contributed by atoms with E-state index in [2.05, 4.69) is 31.9 Å². The van der Waals surface area contributed by atoms with Crippen molar-refractivity contribution in [2.75, 3.05) is 7.11 Å². The monoisotopic (exact) mass is 374 g/mol. The van der Waals surface area contributed by atoms with Crippen LogP contribution in [0.15, 0.2) is 38.6 Å². The maximum atomic E-state index is 12.2. The van der Waals surface area contributed by atoms with E-state index in [0.29, 0.717) is 10.4 Å². The molecule has 0 fully saturated rings. The molecular weight excluding hydrogens is 368 g/mol. The largest absolute Gasteiger partial charge is 0.497 e. The molecule has 0 aliphatic rings. The van der Waals surface area contributed by atoms with Crippen LogP contribution in [0.2, 0.25) is 0 Å². The highest BCUT2D eigenvalue weighted by molar-refractivity contribution is 9.13. The van der Waals surface area contributed by atoms with Gasteiger partial charge in [0.2, 0.25) is 5.78 Å². The molecule has 0 amide bonds. The molecule has 2 rings (SSSR count). The van der Waals surface area contributed by atoms with Gasteiger partial charge in [0.05, 0.1) is 16.5 Å². The van der Waals surface area contributed by atoms with Gasteiger partial charge in [-0.2, -0.15) is 0 Å². The Bertz CT molecular complexity index is 546. The number of carbonyl (C=O) groups excluding carboxylic acids is 1. The Balaban J connectivity index is 2.33. The average Bonchev–Trinajstić information content (AvgIpc) is 2.69. The van der Waals surface area contributed by atoms with Gasteiger partial charge >= 0.3 is 0 Å². The molecule has 2 aromatic rings. The SMILES string of the molecule is COc1ccc(C(=O)c2scc(Br)c2Br)cc1. The fourth-order valence-corrected chi connectivity index (χ4v) is 3.46. The van der Waals surface area contributed by atoms with Gasteiger partial charge in [-0.3, -0.25) is 4.79 Å². The zero-order valence-corrected chi connectivity index (χ0v) is 12.9. The van der Waals surface area contributed by atoms with Crippen molar-refractivity contribution in [2.45, 2.75) is 0 Å². The van der Waals surface area contributed by atoms with E-state index in [-0.39, 0.29) is 5.78 Å². The summed E-state index contributed by atoms with van der Waals surface area (Å²) in [4.78, 5) is 12.9. The van der Waals surface area contributed by atoms with Crippen LogP contribution in [0, 0.1) is 0 Å². The van der Waals surface area contributed by atoms with Gasteiger partial charge < -0.3 is 4.74 Å². The van der Waals surface area contributed by atoms with E-state index in [9.17, 15) is 4.79 Å².